The first kappa shape index (κ1) is 11.5. The van der Waals surface area contributed by atoms with E-state index < -0.39 is 0 Å². The smallest absolute Gasteiger partial charge is 0.227 e. The molecule has 0 aromatic carbocycles. The molecule has 0 bridgehead atoms. The molecule has 2 atom stereocenters. The lowest BCUT2D eigenvalue weighted by Crippen LogP contribution is -2.33. The average Bonchev–Trinajstić information content (AvgIpc) is 2.81. The number of furan rings is 1. The summed E-state index contributed by atoms with van der Waals surface area (Å²) >= 11 is 0. The molecule has 2 aliphatic heterocycles. The largest absolute Gasteiger partial charge is 0.472 e. The molecule has 1 amide bonds. The van der Waals surface area contributed by atoms with Gasteiger partial charge in [-0.05, 0) is 24.8 Å². The lowest BCUT2D eigenvalue weighted by molar-refractivity contribution is -0.131. The van der Waals surface area contributed by atoms with E-state index in [4.69, 9.17) is 4.42 Å². The van der Waals surface area contributed by atoms with Gasteiger partial charge >= 0.3 is 0 Å². The van der Waals surface area contributed by atoms with Crippen molar-refractivity contribution in [3.05, 3.63) is 24.2 Å². The quantitative estimate of drug-likeness (QED) is 0.824. The Morgan fingerprint density at radius 3 is 2.84 bits per heavy atom. The van der Waals surface area contributed by atoms with Crippen LogP contribution in [0.5, 0.6) is 0 Å². The highest BCUT2D eigenvalue weighted by Crippen LogP contribution is 2.36. The Balaban J connectivity index is 1.37. The van der Waals surface area contributed by atoms with Crippen LogP contribution in [0.25, 0.3) is 0 Å². The molecule has 3 fully saturated rings. The Labute approximate surface area is 113 Å². The fraction of sp³-hybridized carbons (Fsp3) is 0.667. The molecule has 102 valence electrons. The average molecular weight is 260 g/mol. The molecule has 3 heterocycles. The molecule has 19 heavy (non-hydrogen) atoms. The van der Waals surface area contributed by atoms with Crippen molar-refractivity contribution in [3.63, 3.8) is 0 Å². The standard InChI is InChI=1S/C15H20N2O2/c18-15-14-9-16(5-12-3-4-19-10-12)7-13(14)8-17(15)6-11-1-2-11/h3-4,10-11,13-14H,1-2,5-9H2/t13-,14-/m0/s1. The van der Waals surface area contributed by atoms with Crippen molar-refractivity contribution in [2.24, 2.45) is 17.8 Å². The second kappa shape index (κ2) is 4.37. The summed E-state index contributed by atoms with van der Waals surface area (Å²) in [4.78, 5) is 16.9. The van der Waals surface area contributed by atoms with Crippen LogP contribution in [0.3, 0.4) is 0 Å². The monoisotopic (exact) mass is 260 g/mol. The molecular formula is C15H20N2O2. The summed E-state index contributed by atoms with van der Waals surface area (Å²) in [6, 6.07) is 2.01. The van der Waals surface area contributed by atoms with Gasteiger partial charge in [-0.3, -0.25) is 9.69 Å². The molecule has 4 nitrogen and oxygen atoms in total. The molecule has 2 saturated heterocycles. The van der Waals surface area contributed by atoms with Crippen LogP contribution in [-0.4, -0.2) is 41.9 Å². The molecule has 0 unspecified atom stereocenters. The molecule has 0 spiro atoms. The molecule has 1 saturated carbocycles. The third kappa shape index (κ3) is 2.18. The first-order valence-electron chi connectivity index (χ1n) is 7.32. The summed E-state index contributed by atoms with van der Waals surface area (Å²) in [6.45, 7) is 4.91. The van der Waals surface area contributed by atoms with Crippen LogP contribution >= 0.6 is 0 Å². The molecule has 1 aromatic rings. The number of hydrogen-bond acceptors (Lipinski definition) is 3. The number of fused-ring (bicyclic) bond motifs is 1. The minimum absolute atomic E-state index is 0.255. The number of amides is 1. The Kier molecular flexibility index (Phi) is 2.65. The minimum Gasteiger partial charge on any atom is -0.472 e. The fourth-order valence-corrected chi connectivity index (χ4v) is 3.58. The summed E-state index contributed by atoms with van der Waals surface area (Å²) in [5.41, 5.74) is 1.21. The van der Waals surface area contributed by atoms with Gasteiger partial charge in [-0.25, -0.2) is 0 Å². The summed E-state index contributed by atoms with van der Waals surface area (Å²) < 4.78 is 5.11. The van der Waals surface area contributed by atoms with Crippen molar-refractivity contribution in [2.75, 3.05) is 26.2 Å². The maximum absolute atomic E-state index is 12.4. The van der Waals surface area contributed by atoms with Crippen LogP contribution in [-0.2, 0) is 11.3 Å². The minimum atomic E-state index is 0.255. The van der Waals surface area contributed by atoms with E-state index in [2.05, 4.69) is 9.80 Å². The van der Waals surface area contributed by atoms with Gasteiger partial charge in [0.2, 0.25) is 5.91 Å². The van der Waals surface area contributed by atoms with Gasteiger partial charge in [0.25, 0.3) is 0 Å². The van der Waals surface area contributed by atoms with E-state index in [0.717, 1.165) is 38.6 Å². The maximum Gasteiger partial charge on any atom is 0.227 e. The van der Waals surface area contributed by atoms with Gasteiger partial charge < -0.3 is 9.32 Å². The first-order chi connectivity index (χ1) is 9.29. The molecule has 0 radical (unpaired) electrons. The highest BCUT2D eigenvalue weighted by atomic mass is 16.3. The molecule has 0 N–H and O–H groups in total. The van der Waals surface area contributed by atoms with Crippen LogP contribution in [0, 0.1) is 17.8 Å². The zero-order chi connectivity index (χ0) is 12.8. The Bertz CT molecular complexity index is 466. The lowest BCUT2D eigenvalue weighted by atomic mass is 10.0. The third-order valence-corrected chi connectivity index (χ3v) is 4.76. The van der Waals surface area contributed by atoms with E-state index in [-0.39, 0.29) is 5.92 Å². The third-order valence-electron chi connectivity index (χ3n) is 4.76. The lowest BCUT2D eigenvalue weighted by Gasteiger charge is -2.21. The molecule has 1 aromatic heterocycles. The second-order valence-electron chi connectivity index (χ2n) is 6.38. The molecule has 3 aliphatic rings. The van der Waals surface area contributed by atoms with Gasteiger partial charge in [0, 0.05) is 44.2 Å². The van der Waals surface area contributed by atoms with Crippen LogP contribution in [0.15, 0.2) is 23.0 Å². The van der Waals surface area contributed by atoms with Crippen molar-refractivity contribution in [3.8, 4) is 0 Å². The summed E-state index contributed by atoms with van der Waals surface area (Å²) in [5, 5.41) is 0. The summed E-state index contributed by atoms with van der Waals surface area (Å²) in [5.74, 6) is 2.03. The Morgan fingerprint density at radius 1 is 1.26 bits per heavy atom. The number of hydrogen-bond donors (Lipinski definition) is 0. The van der Waals surface area contributed by atoms with Gasteiger partial charge in [0.1, 0.15) is 0 Å². The van der Waals surface area contributed by atoms with E-state index in [1.165, 1.54) is 18.4 Å². The fourth-order valence-electron chi connectivity index (χ4n) is 3.58. The van der Waals surface area contributed by atoms with E-state index in [1.807, 2.05) is 6.07 Å². The van der Waals surface area contributed by atoms with Crippen molar-refractivity contribution in [1.82, 2.24) is 9.80 Å². The maximum atomic E-state index is 12.4. The number of nitrogens with zero attached hydrogens (tertiary/aromatic N) is 2. The van der Waals surface area contributed by atoms with Crippen molar-refractivity contribution in [2.45, 2.75) is 19.4 Å². The zero-order valence-electron chi connectivity index (χ0n) is 11.1. The number of carbonyl (C=O) groups is 1. The van der Waals surface area contributed by atoms with E-state index in [1.54, 1.807) is 12.5 Å². The molecule has 1 aliphatic carbocycles. The molecular weight excluding hydrogens is 240 g/mol. The molecule has 4 rings (SSSR count). The number of likely N-dealkylation sites (tertiary alicyclic amines) is 2. The first-order valence-corrected chi connectivity index (χ1v) is 7.32. The van der Waals surface area contributed by atoms with Crippen LogP contribution in [0.4, 0.5) is 0 Å². The van der Waals surface area contributed by atoms with Gasteiger partial charge in [0.15, 0.2) is 0 Å². The topological polar surface area (TPSA) is 36.7 Å². The summed E-state index contributed by atoms with van der Waals surface area (Å²) in [6.07, 6.45) is 6.17. The van der Waals surface area contributed by atoms with E-state index in [9.17, 15) is 4.79 Å². The highest BCUT2D eigenvalue weighted by molar-refractivity contribution is 5.82. The Morgan fingerprint density at radius 2 is 2.16 bits per heavy atom. The SMILES string of the molecule is O=C1[C@H]2CN(Cc3ccoc3)C[C@H]2CN1CC1CC1. The van der Waals surface area contributed by atoms with Gasteiger partial charge in [-0.1, -0.05) is 0 Å². The number of carbonyl (C=O) groups excluding carboxylic acids is 1. The van der Waals surface area contributed by atoms with Crippen LogP contribution < -0.4 is 0 Å². The highest BCUT2D eigenvalue weighted by Gasteiger charge is 2.46. The van der Waals surface area contributed by atoms with E-state index in [0.29, 0.717) is 11.8 Å². The van der Waals surface area contributed by atoms with Gasteiger partial charge in [-0.15, -0.1) is 0 Å². The van der Waals surface area contributed by atoms with E-state index >= 15 is 0 Å². The predicted molar refractivity (Wildman–Crippen MR) is 70.3 cm³/mol. The van der Waals surface area contributed by atoms with Crippen molar-refractivity contribution < 1.29 is 9.21 Å². The molecule has 4 heteroatoms. The van der Waals surface area contributed by atoms with Gasteiger partial charge in [0.05, 0.1) is 18.4 Å². The zero-order valence-corrected chi connectivity index (χ0v) is 11.1. The van der Waals surface area contributed by atoms with Crippen LogP contribution in [0.1, 0.15) is 18.4 Å². The second-order valence-corrected chi connectivity index (χ2v) is 6.38. The van der Waals surface area contributed by atoms with Gasteiger partial charge in [-0.2, -0.15) is 0 Å². The predicted octanol–water partition coefficient (Wildman–Crippen LogP) is 1.58. The summed E-state index contributed by atoms with van der Waals surface area (Å²) in [7, 11) is 0. The van der Waals surface area contributed by atoms with Crippen LogP contribution in [0.2, 0.25) is 0 Å². The Hall–Kier alpha value is -1.29. The normalized spacial score (nSPS) is 31.2. The van der Waals surface area contributed by atoms with Crippen molar-refractivity contribution >= 4 is 5.91 Å². The number of rotatable bonds is 4. The van der Waals surface area contributed by atoms with Crippen molar-refractivity contribution in [1.29, 1.82) is 0 Å².